The van der Waals surface area contributed by atoms with E-state index in [-0.39, 0.29) is 0 Å². The number of rotatable bonds is 5. The van der Waals surface area contributed by atoms with Crippen molar-refractivity contribution >= 4 is 11.4 Å². The number of para-hydroxylation sites is 2. The third kappa shape index (κ3) is 3.23. The maximum Gasteiger partial charge on any atom is 0.0572 e. The lowest BCUT2D eigenvalue weighted by Gasteiger charge is -2.25. The number of benzene rings is 2. The topological polar surface area (TPSA) is 41.3 Å². The van der Waals surface area contributed by atoms with Crippen LogP contribution in [0.4, 0.5) is 11.4 Å². The summed E-state index contributed by atoms with van der Waals surface area (Å²) in [6.45, 7) is 1.37. The molecule has 0 radical (unpaired) electrons. The van der Waals surface area contributed by atoms with E-state index in [4.69, 9.17) is 5.73 Å². The Hall–Kier alpha value is -2.00. The molecule has 0 fully saturated rings. The monoisotopic (exact) mass is 227 g/mol. The summed E-state index contributed by atoms with van der Waals surface area (Å²) in [6, 6.07) is 20.3. The third-order valence-electron chi connectivity index (χ3n) is 2.46. The van der Waals surface area contributed by atoms with E-state index in [2.05, 4.69) is 22.6 Å². The van der Waals surface area contributed by atoms with Crippen molar-refractivity contribution in [1.29, 1.82) is 0 Å². The summed E-state index contributed by atoms with van der Waals surface area (Å²) in [5, 5.41) is 2.05. The SMILES string of the molecule is NCCN(Nc1ccccc1)c1ccccc1. The minimum absolute atomic E-state index is 0.606. The number of nitrogens with one attached hydrogen (secondary N) is 1. The van der Waals surface area contributed by atoms with E-state index in [0.717, 1.165) is 17.9 Å². The van der Waals surface area contributed by atoms with Crippen LogP contribution in [0.15, 0.2) is 60.7 Å². The molecular formula is C14H17N3. The van der Waals surface area contributed by atoms with Gasteiger partial charge in [-0.25, -0.2) is 0 Å². The number of hydrazine groups is 1. The molecule has 0 atom stereocenters. The lowest BCUT2D eigenvalue weighted by atomic mass is 10.3. The predicted molar refractivity (Wildman–Crippen MR) is 72.9 cm³/mol. The molecule has 0 aliphatic carbocycles. The number of anilines is 2. The molecule has 0 aliphatic rings. The normalized spacial score (nSPS) is 9.94. The van der Waals surface area contributed by atoms with Crippen molar-refractivity contribution < 1.29 is 0 Å². The van der Waals surface area contributed by atoms with Crippen molar-refractivity contribution in [3.05, 3.63) is 60.7 Å². The fraction of sp³-hybridized carbons (Fsp3) is 0.143. The average Bonchev–Trinajstić information content (AvgIpc) is 2.40. The predicted octanol–water partition coefficient (Wildman–Crippen LogP) is 2.48. The Morgan fingerprint density at radius 3 is 2.06 bits per heavy atom. The Kier molecular flexibility index (Phi) is 4.00. The summed E-state index contributed by atoms with van der Waals surface area (Å²) in [4.78, 5) is 0. The molecule has 17 heavy (non-hydrogen) atoms. The van der Waals surface area contributed by atoms with Gasteiger partial charge in [0.05, 0.1) is 17.9 Å². The summed E-state index contributed by atoms with van der Waals surface area (Å²) in [7, 11) is 0. The van der Waals surface area contributed by atoms with Crippen molar-refractivity contribution in [2.24, 2.45) is 5.73 Å². The molecule has 0 aliphatic heterocycles. The average molecular weight is 227 g/mol. The van der Waals surface area contributed by atoms with E-state index in [1.54, 1.807) is 0 Å². The summed E-state index contributed by atoms with van der Waals surface area (Å²) in [5.74, 6) is 0. The lowest BCUT2D eigenvalue weighted by Crippen LogP contribution is -2.34. The standard InChI is InChI=1S/C14H17N3/c15-11-12-17(14-9-5-2-6-10-14)16-13-7-3-1-4-8-13/h1-10,16H,11-12,15H2. The van der Waals surface area contributed by atoms with Crippen LogP contribution in [0, 0.1) is 0 Å². The summed E-state index contributed by atoms with van der Waals surface area (Å²) >= 11 is 0. The van der Waals surface area contributed by atoms with E-state index in [1.165, 1.54) is 0 Å². The van der Waals surface area contributed by atoms with Gasteiger partial charge in [-0.1, -0.05) is 36.4 Å². The van der Waals surface area contributed by atoms with Crippen LogP contribution < -0.4 is 16.2 Å². The van der Waals surface area contributed by atoms with E-state index in [9.17, 15) is 0 Å². The molecule has 0 bridgehead atoms. The van der Waals surface area contributed by atoms with Crippen LogP contribution in [0.5, 0.6) is 0 Å². The van der Waals surface area contributed by atoms with E-state index < -0.39 is 0 Å². The summed E-state index contributed by atoms with van der Waals surface area (Å²) < 4.78 is 0. The third-order valence-corrected chi connectivity index (χ3v) is 2.46. The first kappa shape index (κ1) is 11.5. The van der Waals surface area contributed by atoms with Crippen molar-refractivity contribution in [1.82, 2.24) is 0 Å². The highest BCUT2D eigenvalue weighted by Crippen LogP contribution is 2.15. The van der Waals surface area contributed by atoms with Gasteiger partial charge in [-0.3, -0.25) is 10.4 Å². The summed E-state index contributed by atoms with van der Waals surface area (Å²) in [5.41, 5.74) is 11.2. The maximum absolute atomic E-state index is 5.64. The Bertz CT molecular complexity index is 428. The molecule has 2 aromatic rings. The molecule has 0 saturated heterocycles. The van der Waals surface area contributed by atoms with Gasteiger partial charge >= 0.3 is 0 Å². The molecule has 0 aromatic heterocycles. The zero-order chi connectivity index (χ0) is 11.9. The van der Waals surface area contributed by atoms with Gasteiger partial charge < -0.3 is 5.73 Å². The first-order valence-corrected chi connectivity index (χ1v) is 5.74. The molecular weight excluding hydrogens is 210 g/mol. The quantitative estimate of drug-likeness (QED) is 0.771. The minimum atomic E-state index is 0.606. The van der Waals surface area contributed by atoms with Crippen LogP contribution in [0.1, 0.15) is 0 Å². The zero-order valence-corrected chi connectivity index (χ0v) is 9.71. The summed E-state index contributed by atoms with van der Waals surface area (Å²) in [6.07, 6.45) is 0. The fourth-order valence-corrected chi connectivity index (χ4v) is 1.66. The smallest absolute Gasteiger partial charge is 0.0572 e. The molecule has 0 amide bonds. The molecule has 0 unspecified atom stereocenters. The molecule has 2 aromatic carbocycles. The van der Waals surface area contributed by atoms with Gasteiger partial charge in [-0.2, -0.15) is 0 Å². The number of hydrogen-bond donors (Lipinski definition) is 2. The maximum atomic E-state index is 5.64. The molecule has 3 N–H and O–H groups in total. The van der Waals surface area contributed by atoms with E-state index in [1.807, 2.05) is 48.5 Å². The highest BCUT2D eigenvalue weighted by atomic mass is 15.5. The first-order chi connectivity index (χ1) is 8.40. The fourth-order valence-electron chi connectivity index (χ4n) is 1.66. The van der Waals surface area contributed by atoms with Crippen LogP contribution in [-0.2, 0) is 0 Å². The van der Waals surface area contributed by atoms with Gasteiger partial charge in [-0.05, 0) is 24.3 Å². The van der Waals surface area contributed by atoms with Crippen LogP contribution in [-0.4, -0.2) is 13.1 Å². The van der Waals surface area contributed by atoms with Crippen LogP contribution >= 0.6 is 0 Å². The largest absolute Gasteiger partial charge is 0.329 e. The second kappa shape index (κ2) is 5.92. The van der Waals surface area contributed by atoms with Crippen molar-refractivity contribution in [3.63, 3.8) is 0 Å². The van der Waals surface area contributed by atoms with E-state index >= 15 is 0 Å². The van der Waals surface area contributed by atoms with Crippen molar-refractivity contribution in [2.45, 2.75) is 0 Å². The second-order valence-corrected chi connectivity index (χ2v) is 3.75. The van der Waals surface area contributed by atoms with Gasteiger partial charge in [0.2, 0.25) is 0 Å². The Morgan fingerprint density at radius 2 is 1.47 bits per heavy atom. The van der Waals surface area contributed by atoms with Crippen LogP contribution in [0.25, 0.3) is 0 Å². The second-order valence-electron chi connectivity index (χ2n) is 3.75. The van der Waals surface area contributed by atoms with Crippen LogP contribution in [0.3, 0.4) is 0 Å². The van der Waals surface area contributed by atoms with Gasteiger partial charge in [0.25, 0.3) is 0 Å². The van der Waals surface area contributed by atoms with Gasteiger partial charge in [0.1, 0.15) is 0 Å². The Labute approximate surface area is 102 Å². The van der Waals surface area contributed by atoms with E-state index in [0.29, 0.717) is 6.54 Å². The molecule has 3 heteroatoms. The molecule has 2 rings (SSSR count). The number of nitrogens with zero attached hydrogens (tertiary/aromatic N) is 1. The van der Waals surface area contributed by atoms with Gasteiger partial charge in [-0.15, -0.1) is 0 Å². The highest BCUT2D eigenvalue weighted by molar-refractivity contribution is 5.54. The van der Waals surface area contributed by atoms with Crippen LogP contribution in [0.2, 0.25) is 0 Å². The number of nitrogens with two attached hydrogens (primary N) is 1. The minimum Gasteiger partial charge on any atom is -0.329 e. The molecule has 0 saturated carbocycles. The first-order valence-electron chi connectivity index (χ1n) is 5.74. The van der Waals surface area contributed by atoms with Gasteiger partial charge in [0.15, 0.2) is 0 Å². The van der Waals surface area contributed by atoms with Crippen molar-refractivity contribution in [3.8, 4) is 0 Å². The lowest BCUT2D eigenvalue weighted by molar-refractivity contribution is 0.874. The molecule has 0 heterocycles. The van der Waals surface area contributed by atoms with Gasteiger partial charge in [0, 0.05) is 6.54 Å². The molecule has 88 valence electrons. The highest BCUT2D eigenvalue weighted by Gasteiger charge is 2.04. The zero-order valence-electron chi connectivity index (χ0n) is 9.71. The molecule has 3 nitrogen and oxygen atoms in total. The Morgan fingerprint density at radius 1 is 0.882 bits per heavy atom. The number of hydrogen-bond acceptors (Lipinski definition) is 3. The van der Waals surface area contributed by atoms with Crippen molar-refractivity contribution in [2.75, 3.05) is 23.5 Å². The molecule has 0 spiro atoms. The Balaban J connectivity index is 2.13.